The molecule has 8 nitrogen and oxygen atoms in total. The molecule has 1 saturated heterocycles. The Bertz CT molecular complexity index is 824. The fraction of sp³-hybridized carbons (Fsp3) is 0.538. The molecule has 0 unspecified atom stereocenters. The summed E-state index contributed by atoms with van der Waals surface area (Å²) in [5, 5.41) is 7.98. The van der Waals surface area contributed by atoms with Crippen LogP contribution in [0, 0.1) is 0 Å². The Morgan fingerprint density at radius 1 is 1.32 bits per heavy atom. The number of ether oxygens (including phenoxy) is 1. The summed E-state index contributed by atoms with van der Waals surface area (Å²) in [5.41, 5.74) is 1.63. The molecule has 0 amide bonds. The third-order valence-electron chi connectivity index (χ3n) is 4.15. The normalized spacial score (nSPS) is 19.1. The van der Waals surface area contributed by atoms with Crippen LogP contribution in [0.5, 0.6) is 5.75 Å². The van der Waals surface area contributed by atoms with Gasteiger partial charge in [-0.1, -0.05) is 0 Å². The van der Waals surface area contributed by atoms with E-state index in [2.05, 4.69) is 14.9 Å². The zero-order valence-corrected chi connectivity index (χ0v) is 13.0. The second kappa shape index (κ2) is 4.82. The van der Waals surface area contributed by atoms with Crippen LogP contribution in [0.2, 0.25) is 0 Å². The van der Waals surface area contributed by atoms with Gasteiger partial charge in [-0.15, -0.1) is 10.2 Å². The van der Waals surface area contributed by atoms with Gasteiger partial charge in [0.1, 0.15) is 5.75 Å². The van der Waals surface area contributed by atoms with E-state index < -0.39 is 10.2 Å². The van der Waals surface area contributed by atoms with Crippen molar-refractivity contribution in [2.24, 2.45) is 0 Å². The average Bonchev–Trinajstić information content (AvgIpc) is 3.19. The number of hydrogen-bond acceptors (Lipinski definition) is 5. The van der Waals surface area contributed by atoms with Gasteiger partial charge >= 0.3 is 10.2 Å². The number of aromatic nitrogens is 3. The SMILES string of the molecule is COc1cc2nnc(NS(=O)(=O)N3CCC3)n2cc1C1CC1. The molecule has 22 heavy (non-hydrogen) atoms. The van der Waals surface area contributed by atoms with Gasteiger partial charge in [0.05, 0.1) is 7.11 Å². The average molecular weight is 323 g/mol. The minimum absolute atomic E-state index is 0.214. The Hall–Kier alpha value is -1.87. The highest BCUT2D eigenvalue weighted by Crippen LogP contribution is 2.44. The fourth-order valence-electron chi connectivity index (χ4n) is 2.59. The summed E-state index contributed by atoms with van der Waals surface area (Å²) < 4.78 is 35.4. The molecule has 2 aliphatic rings. The molecule has 1 saturated carbocycles. The molecular formula is C13H17N5O3S. The summed E-state index contributed by atoms with van der Waals surface area (Å²) in [6.45, 7) is 1.10. The Morgan fingerprint density at radius 3 is 2.68 bits per heavy atom. The number of hydrogen-bond donors (Lipinski definition) is 1. The molecule has 2 aromatic rings. The maximum absolute atomic E-state index is 12.2. The van der Waals surface area contributed by atoms with Crippen LogP contribution in [0.25, 0.3) is 5.65 Å². The van der Waals surface area contributed by atoms with E-state index in [0.717, 1.165) is 30.6 Å². The van der Waals surface area contributed by atoms with Gasteiger partial charge in [-0.25, -0.2) is 4.72 Å². The van der Waals surface area contributed by atoms with Crippen molar-refractivity contribution in [2.45, 2.75) is 25.2 Å². The van der Waals surface area contributed by atoms with Gasteiger partial charge in [-0.05, 0) is 25.2 Å². The summed E-state index contributed by atoms with van der Waals surface area (Å²) in [4.78, 5) is 0. The largest absolute Gasteiger partial charge is 0.496 e. The quantitative estimate of drug-likeness (QED) is 0.886. The molecule has 0 aromatic carbocycles. The van der Waals surface area contributed by atoms with Gasteiger partial charge in [0, 0.05) is 30.9 Å². The van der Waals surface area contributed by atoms with Crippen molar-refractivity contribution in [1.29, 1.82) is 0 Å². The summed E-state index contributed by atoms with van der Waals surface area (Å²) >= 11 is 0. The Morgan fingerprint density at radius 2 is 2.09 bits per heavy atom. The zero-order valence-electron chi connectivity index (χ0n) is 12.2. The highest BCUT2D eigenvalue weighted by Gasteiger charge is 2.30. The van der Waals surface area contributed by atoms with Gasteiger partial charge in [0.2, 0.25) is 5.95 Å². The molecular weight excluding hydrogens is 306 g/mol. The van der Waals surface area contributed by atoms with Crippen LogP contribution in [0.3, 0.4) is 0 Å². The highest BCUT2D eigenvalue weighted by molar-refractivity contribution is 7.90. The van der Waals surface area contributed by atoms with E-state index in [1.165, 1.54) is 4.31 Å². The first-order valence-electron chi connectivity index (χ1n) is 7.29. The standard InChI is InChI=1S/C13H17N5O3S/c1-21-11-7-12-14-15-13(16-22(19,20)17-5-2-6-17)18(12)8-10(11)9-3-4-9/h7-9H,2-6H2,1H3,(H,15,16). The Labute approximate surface area is 128 Å². The maximum atomic E-state index is 12.2. The fourth-order valence-corrected chi connectivity index (χ4v) is 3.83. The van der Waals surface area contributed by atoms with E-state index in [0.29, 0.717) is 24.7 Å². The van der Waals surface area contributed by atoms with E-state index >= 15 is 0 Å². The van der Waals surface area contributed by atoms with Crippen molar-refractivity contribution in [2.75, 3.05) is 24.9 Å². The molecule has 2 fully saturated rings. The van der Waals surface area contributed by atoms with Crippen molar-refractivity contribution >= 4 is 21.8 Å². The molecule has 1 aliphatic heterocycles. The second-order valence-electron chi connectivity index (χ2n) is 5.68. The lowest BCUT2D eigenvalue weighted by molar-refractivity contribution is 0.311. The van der Waals surface area contributed by atoms with Gasteiger partial charge < -0.3 is 4.74 Å². The summed E-state index contributed by atoms with van der Waals surface area (Å²) in [6, 6.07) is 1.79. The van der Waals surface area contributed by atoms with Crippen LogP contribution >= 0.6 is 0 Å². The molecule has 2 aromatic heterocycles. The molecule has 1 N–H and O–H groups in total. The number of pyridine rings is 1. The minimum atomic E-state index is -3.54. The molecule has 0 radical (unpaired) electrons. The third-order valence-corrected chi connectivity index (χ3v) is 5.63. The molecule has 4 rings (SSSR count). The van der Waals surface area contributed by atoms with Gasteiger partial charge in [-0.2, -0.15) is 12.7 Å². The van der Waals surface area contributed by atoms with Crippen molar-refractivity contribution in [3.63, 3.8) is 0 Å². The van der Waals surface area contributed by atoms with Gasteiger partial charge in [0.15, 0.2) is 5.65 Å². The summed E-state index contributed by atoms with van der Waals surface area (Å²) in [5.74, 6) is 1.47. The van der Waals surface area contributed by atoms with Crippen LogP contribution in [0.1, 0.15) is 30.7 Å². The lowest BCUT2D eigenvalue weighted by atomic mass is 10.1. The molecule has 118 valence electrons. The predicted octanol–water partition coefficient (Wildman–Crippen LogP) is 0.978. The van der Waals surface area contributed by atoms with E-state index in [4.69, 9.17) is 4.74 Å². The molecule has 0 spiro atoms. The first kappa shape index (κ1) is 13.8. The summed E-state index contributed by atoms with van der Waals surface area (Å²) in [6.07, 6.45) is 5.02. The molecule has 9 heteroatoms. The smallest absolute Gasteiger partial charge is 0.303 e. The molecule has 1 aliphatic carbocycles. The monoisotopic (exact) mass is 323 g/mol. The Kier molecular flexibility index (Phi) is 3.01. The first-order chi connectivity index (χ1) is 10.6. The topological polar surface area (TPSA) is 88.8 Å². The number of nitrogens with zero attached hydrogens (tertiary/aromatic N) is 4. The van der Waals surface area contributed by atoms with E-state index in [9.17, 15) is 8.42 Å². The van der Waals surface area contributed by atoms with Crippen molar-refractivity contribution in [3.8, 4) is 5.75 Å². The second-order valence-corrected chi connectivity index (χ2v) is 7.35. The van der Waals surface area contributed by atoms with Crippen LogP contribution in [-0.2, 0) is 10.2 Å². The van der Waals surface area contributed by atoms with E-state index in [1.807, 2.05) is 6.20 Å². The maximum Gasteiger partial charge on any atom is 0.303 e. The van der Waals surface area contributed by atoms with E-state index in [-0.39, 0.29) is 5.95 Å². The molecule has 0 bridgehead atoms. The highest BCUT2D eigenvalue weighted by atomic mass is 32.2. The first-order valence-corrected chi connectivity index (χ1v) is 8.73. The minimum Gasteiger partial charge on any atom is -0.496 e. The number of nitrogens with one attached hydrogen (secondary N) is 1. The molecule has 0 atom stereocenters. The van der Waals surface area contributed by atoms with Gasteiger partial charge in [0.25, 0.3) is 0 Å². The summed E-state index contributed by atoms with van der Waals surface area (Å²) in [7, 11) is -1.92. The predicted molar refractivity (Wildman–Crippen MR) is 80.2 cm³/mol. The molecule has 3 heterocycles. The lowest BCUT2D eigenvalue weighted by Gasteiger charge is -2.29. The number of methoxy groups -OCH3 is 1. The van der Waals surface area contributed by atoms with Crippen LogP contribution < -0.4 is 9.46 Å². The number of fused-ring (bicyclic) bond motifs is 1. The van der Waals surface area contributed by atoms with Crippen molar-refractivity contribution in [1.82, 2.24) is 18.9 Å². The number of rotatable bonds is 5. The third kappa shape index (κ3) is 2.20. The van der Waals surface area contributed by atoms with Gasteiger partial charge in [-0.3, -0.25) is 4.40 Å². The van der Waals surface area contributed by atoms with Crippen molar-refractivity contribution in [3.05, 3.63) is 17.8 Å². The van der Waals surface area contributed by atoms with Crippen molar-refractivity contribution < 1.29 is 13.2 Å². The van der Waals surface area contributed by atoms with Crippen LogP contribution in [0.4, 0.5) is 5.95 Å². The van der Waals surface area contributed by atoms with E-state index in [1.54, 1.807) is 17.6 Å². The number of anilines is 1. The lowest BCUT2D eigenvalue weighted by Crippen LogP contribution is -2.45. The van der Waals surface area contributed by atoms with Crippen LogP contribution in [-0.4, -0.2) is 47.5 Å². The van der Waals surface area contributed by atoms with Crippen LogP contribution in [0.15, 0.2) is 12.3 Å². The Balaban J connectivity index is 1.73. The zero-order chi connectivity index (χ0) is 15.3.